The summed E-state index contributed by atoms with van der Waals surface area (Å²) in [6.07, 6.45) is -2.97. The normalized spacial score (nSPS) is 21.2. The number of alkyl halides is 3. The molecule has 1 aromatic heterocycles. The number of rotatable bonds is 3. The van der Waals surface area contributed by atoms with Crippen LogP contribution >= 0.6 is 0 Å². The molecule has 2 atom stereocenters. The van der Waals surface area contributed by atoms with Crippen LogP contribution in [0.15, 0.2) is 0 Å². The van der Waals surface area contributed by atoms with Crippen LogP contribution in [-0.2, 0) is 13.0 Å². The molecular weight excluding hydrogens is 281 g/mol. The van der Waals surface area contributed by atoms with Crippen LogP contribution in [0.4, 0.5) is 13.2 Å². The van der Waals surface area contributed by atoms with Crippen LogP contribution in [0.2, 0.25) is 0 Å². The molecule has 2 rings (SSSR count). The van der Waals surface area contributed by atoms with Gasteiger partial charge in [-0.3, -0.25) is 0 Å². The number of nitrogens with zero attached hydrogens (tertiary/aromatic N) is 3. The third-order valence-corrected chi connectivity index (χ3v) is 3.95. The van der Waals surface area contributed by atoms with Crippen molar-refractivity contribution in [2.45, 2.75) is 58.7 Å². The average Bonchev–Trinajstić information content (AvgIpc) is 2.76. The van der Waals surface area contributed by atoms with Crippen LogP contribution in [0.25, 0.3) is 0 Å². The van der Waals surface area contributed by atoms with Gasteiger partial charge in [0.15, 0.2) is 0 Å². The van der Waals surface area contributed by atoms with Crippen LogP contribution < -0.4 is 5.73 Å². The first-order valence-electron chi connectivity index (χ1n) is 7.30. The topological polar surface area (TPSA) is 56.7 Å². The zero-order valence-electron chi connectivity index (χ0n) is 12.7. The van der Waals surface area contributed by atoms with Gasteiger partial charge in [0.25, 0.3) is 0 Å². The Morgan fingerprint density at radius 2 is 1.95 bits per heavy atom. The molecule has 2 heterocycles. The van der Waals surface area contributed by atoms with E-state index in [0.717, 1.165) is 6.42 Å². The molecule has 0 saturated carbocycles. The van der Waals surface area contributed by atoms with Crippen molar-refractivity contribution in [1.82, 2.24) is 14.8 Å². The molecular formula is C14H23F3N4. The summed E-state index contributed by atoms with van der Waals surface area (Å²) >= 11 is 0. The Bertz CT molecular complexity index is 487. The number of aromatic nitrogens is 3. The van der Waals surface area contributed by atoms with E-state index in [0.29, 0.717) is 24.6 Å². The Morgan fingerprint density at radius 3 is 2.48 bits per heavy atom. The van der Waals surface area contributed by atoms with Gasteiger partial charge in [-0.1, -0.05) is 20.8 Å². The fourth-order valence-corrected chi connectivity index (χ4v) is 2.94. The molecule has 1 aromatic rings. The predicted octanol–water partition coefficient (Wildman–Crippen LogP) is 2.88. The average molecular weight is 304 g/mol. The second-order valence-electron chi connectivity index (χ2n) is 7.06. The summed E-state index contributed by atoms with van der Waals surface area (Å²) < 4.78 is 40.5. The highest BCUT2D eigenvalue weighted by molar-refractivity contribution is 5.07. The number of hydrogen-bond acceptors (Lipinski definition) is 3. The molecule has 4 nitrogen and oxygen atoms in total. The lowest BCUT2D eigenvalue weighted by Gasteiger charge is -2.29. The maximum atomic E-state index is 12.9. The molecule has 0 saturated heterocycles. The van der Waals surface area contributed by atoms with Crippen molar-refractivity contribution < 1.29 is 13.2 Å². The van der Waals surface area contributed by atoms with Gasteiger partial charge in [-0.25, -0.2) is 0 Å². The van der Waals surface area contributed by atoms with Crippen LogP contribution in [0, 0.1) is 11.3 Å². The molecule has 0 bridgehead atoms. The third kappa shape index (κ3) is 3.75. The molecule has 0 amide bonds. The lowest BCUT2D eigenvalue weighted by molar-refractivity contribution is -0.182. The van der Waals surface area contributed by atoms with Gasteiger partial charge in [-0.15, -0.1) is 10.2 Å². The monoisotopic (exact) mass is 304 g/mol. The Hall–Kier alpha value is -1.11. The van der Waals surface area contributed by atoms with Crippen molar-refractivity contribution in [3.63, 3.8) is 0 Å². The van der Waals surface area contributed by atoms with Crippen molar-refractivity contribution in [3.05, 3.63) is 11.6 Å². The molecule has 0 spiro atoms. The first-order valence-corrected chi connectivity index (χ1v) is 7.30. The van der Waals surface area contributed by atoms with E-state index in [4.69, 9.17) is 5.73 Å². The van der Waals surface area contributed by atoms with E-state index in [1.807, 2.05) is 0 Å². The molecule has 1 aliphatic heterocycles. The molecule has 2 unspecified atom stereocenters. The molecule has 0 fully saturated rings. The predicted molar refractivity (Wildman–Crippen MR) is 73.8 cm³/mol. The lowest BCUT2D eigenvalue weighted by Crippen LogP contribution is -2.34. The highest BCUT2D eigenvalue weighted by Crippen LogP contribution is 2.36. The summed E-state index contributed by atoms with van der Waals surface area (Å²) in [5.41, 5.74) is 5.86. The van der Waals surface area contributed by atoms with E-state index in [9.17, 15) is 13.2 Å². The summed E-state index contributed by atoms with van der Waals surface area (Å²) in [6, 6.07) is 0. The van der Waals surface area contributed by atoms with Crippen LogP contribution in [0.5, 0.6) is 0 Å². The number of aryl methyl sites for hydroxylation is 1. The third-order valence-electron chi connectivity index (χ3n) is 3.95. The molecule has 0 aromatic carbocycles. The molecule has 0 radical (unpaired) electrons. The highest BCUT2D eigenvalue weighted by atomic mass is 19.4. The van der Waals surface area contributed by atoms with Crippen LogP contribution in [0.3, 0.4) is 0 Å². The van der Waals surface area contributed by atoms with Gasteiger partial charge in [0.05, 0.1) is 5.92 Å². The number of halogens is 3. The molecule has 2 N–H and O–H groups in total. The largest absolute Gasteiger partial charge is 0.393 e. The van der Waals surface area contributed by atoms with E-state index in [-0.39, 0.29) is 24.3 Å². The number of fused-ring (bicyclic) bond motifs is 1. The maximum Gasteiger partial charge on any atom is 0.393 e. The van der Waals surface area contributed by atoms with Gasteiger partial charge in [0, 0.05) is 25.4 Å². The van der Waals surface area contributed by atoms with Gasteiger partial charge in [0.2, 0.25) is 0 Å². The summed E-state index contributed by atoms with van der Waals surface area (Å²) in [4.78, 5) is 0. The van der Waals surface area contributed by atoms with Crippen molar-refractivity contribution in [3.8, 4) is 0 Å². The Balaban J connectivity index is 2.26. The first kappa shape index (κ1) is 16.3. The van der Waals surface area contributed by atoms with E-state index in [1.54, 1.807) is 4.57 Å². The first-order chi connectivity index (χ1) is 9.62. The summed E-state index contributed by atoms with van der Waals surface area (Å²) in [5.74, 6) is -0.111. The van der Waals surface area contributed by atoms with E-state index >= 15 is 0 Å². The highest BCUT2D eigenvalue weighted by Gasteiger charge is 2.42. The van der Waals surface area contributed by atoms with E-state index in [2.05, 4.69) is 31.0 Å². The Labute approximate surface area is 122 Å². The number of nitrogens with two attached hydrogens (primary N) is 1. The van der Waals surface area contributed by atoms with Crippen molar-refractivity contribution in [2.24, 2.45) is 17.1 Å². The zero-order valence-corrected chi connectivity index (χ0v) is 12.7. The second kappa shape index (κ2) is 5.59. The zero-order chi connectivity index (χ0) is 15.8. The Morgan fingerprint density at radius 1 is 1.29 bits per heavy atom. The SMILES string of the molecule is CC(C)(C)CC(CN)c1nnc2n1CC(C(F)(F)F)CC2. The van der Waals surface area contributed by atoms with Gasteiger partial charge >= 0.3 is 6.18 Å². The van der Waals surface area contributed by atoms with E-state index < -0.39 is 12.1 Å². The summed E-state index contributed by atoms with van der Waals surface area (Å²) in [7, 11) is 0. The summed E-state index contributed by atoms with van der Waals surface area (Å²) in [6.45, 7) is 6.54. The quantitative estimate of drug-likeness (QED) is 0.934. The van der Waals surface area contributed by atoms with Gasteiger partial charge < -0.3 is 10.3 Å². The molecule has 7 heteroatoms. The van der Waals surface area contributed by atoms with Crippen molar-refractivity contribution >= 4 is 0 Å². The van der Waals surface area contributed by atoms with Crippen LogP contribution in [-0.4, -0.2) is 27.5 Å². The van der Waals surface area contributed by atoms with Crippen LogP contribution in [0.1, 0.15) is 51.2 Å². The maximum absolute atomic E-state index is 12.9. The van der Waals surface area contributed by atoms with Gasteiger partial charge in [0.1, 0.15) is 11.6 Å². The molecule has 120 valence electrons. The smallest absolute Gasteiger partial charge is 0.330 e. The fraction of sp³-hybridized carbons (Fsp3) is 0.857. The molecule has 0 aliphatic carbocycles. The molecule has 1 aliphatic rings. The minimum absolute atomic E-state index is 0.0362. The standard InChI is InChI=1S/C14H23F3N4/c1-13(2,3)6-9(7-18)12-20-19-11-5-4-10(8-21(11)12)14(15,16)17/h9-10H,4-8,18H2,1-3H3. The summed E-state index contributed by atoms with van der Waals surface area (Å²) in [5, 5.41) is 8.20. The van der Waals surface area contributed by atoms with E-state index in [1.165, 1.54) is 0 Å². The molecule has 21 heavy (non-hydrogen) atoms. The lowest BCUT2D eigenvalue weighted by atomic mass is 9.84. The fourth-order valence-electron chi connectivity index (χ4n) is 2.94. The second-order valence-corrected chi connectivity index (χ2v) is 7.06. The van der Waals surface area contributed by atoms with Crippen molar-refractivity contribution in [2.75, 3.05) is 6.54 Å². The number of hydrogen-bond donors (Lipinski definition) is 1. The minimum Gasteiger partial charge on any atom is -0.330 e. The minimum atomic E-state index is -4.17. The van der Waals surface area contributed by atoms with Gasteiger partial charge in [-0.2, -0.15) is 13.2 Å². The van der Waals surface area contributed by atoms with Crippen molar-refractivity contribution in [1.29, 1.82) is 0 Å². The van der Waals surface area contributed by atoms with Gasteiger partial charge in [-0.05, 0) is 18.3 Å². The Kier molecular flexibility index (Phi) is 4.33.